The van der Waals surface area contributed by atoms with Crippen molar-refractivity contribution in [2.24, 2.45) is 5.73 Å². The first-order chi connectivity index (χ1) is 4.70. The standard InChI is InChI=1S/C7H7NO2.H3N/c8-7(10)5-1-3-6(9)4-2-5;/h1-4,9H,(H2,8,10);1H3. The second-order valence-corrected chi connectivity index (χ2v) is 1.91. The molecule has 0 unspecified atom stereocenters. The topological polar surface area (TPSA) is 98.3 Å². The molecule has 1 amide bonds. The van der Waals surface area contributed by atoms with Crippen molar-refractivity contribution in [2.75, 3.05) is 0 Å². The zero-order valence-electron chi connectivity index (χ0n) is 5.95. The molecule has 1 rings (SSSR count). The molecular formula is C7H10N2O2. The fraction of sp³-hybridized carbons (Fsp3) is 0. The SMILES string of the molecule is N.NC(=O)c1ccc(O)cc1. The van der Waals surface area contributed by atoms with Crippen LogP contribution in [0.4, 0.5) is 0 Å². The zero-order chi connectivity index (χ0) is 7.56. The number of hydrogen-bond donors (Lipinski definition) is 3. The van der Waals surface area contributed by atoms with Crippen LogP contribution in [-0.4, -0.2) is 11.0 Å². The van der Waals surface area contributed by atoms with Gasteiger partial charge >= 0.3 is 0 Å². The van der Waals surface area contributed by atoms with E-state index in [0.717, 1.165) is 0 Å². The molecule has 0 radical (unpaired) electrons. The van der Waals surface area contributed by atoms with Gasteiger partial charge in [0.1, 0.15) is 5.75 Å². The lowest BCUT2D eigenvalue weighted by molar-refractivity contribution is 0.100. The van der Waals surface area contributed by atoms with Crippen LogP contribution in [0.15, 0.2) is 24.3 Å². The third-order valence-corrected chi connectivity index (χ3v) is 1.15. The normalized spacial score (nSPS) is 8.36. The average molecular weight is 154 g/mol. The van der Waals surface area contributed by atoms with Gasteiger partial charge in [-0.1, -0.05) is 0 Å². The number of rotatable bonds is 1. The van der Waals surface area contributed by atoms with E-state index >= 15 is 0 Å². The molecule has 60 valence electrons. The monoisotopic (exact) mass is 154 g/mol. The zero-order valence-corrected chi connectivity index (χ0v) is 5.95. The molecule has 0 saturated carbocycles. The van der Waals surface area contributed by atoms with Gasteiger partial charge in [-0.3, -0.25) is 4.79 Å². The lowest BCUT2D eigenvalue weighted by Crippen LogP contribution is -2.10. The molecule has 0 aromatic heterocycles. The van der Waals surface area contributed by atoms with Gasteiger partial charge in [0, 0.05) is 5.56 Å². The molecule has 4 heteroatoms. The van der Waals surface area contributed by atoms with Crippen LogP contribution in [0.1, 0.15) is 10.4 Å². The van der Waals surface area contributed by atoms with Crippen molar-refractivity contribution in [3.8, 4) is 5.75 Å². The smallest absolute Gasteiger partial charge is 0.248 e. The van der Waals surface area contributed by atoms with Crippen molar-refractivity contribution in [3.63, 3.8) is 0 Å². The summed E-state index contributed by atoms with van der Waals surface area (Å²) in [4.78, 5) is 10.5. The quantitative estimate of drug-likeness (QED) is 0.553. The molecule has 0 bridgehead atoms. The number of primary amides is 1. The van der Waals surface area contributed by atoms with Crippen molar-refractivity contribution in [1.29, 1.82) is 0 Å². The van der Waals surface area contributed by atoms with E-state index in [1.165, 1.54) is 24.3 Å². The highest BCUT2D eigenvalue weighted by Crippen LogP contribution is 2.08. The van der Waals surface area contributed by atoms with Crippen molar-refractivity contribution in [2.45, 2.75) is 0 Å². The molecular weight excluding hydrogens is 144 g/mol. The minimum absolute atomic E-state index is 0. The van der Waals surface area contributed by atoms with Crippen molar-refractivity contribution < 1.29 is 9.90 Å². The van der Waals surface area contributed by atoms with E-state index in [1.54, 1.807) is 0 Å². The number of phenols is 1. The summed E-state index contributed by atoms with van der Waals surface area (Å²) in [5, 5.41) is 8.79. The van der Waals surface area contributed by atoms with E-state index < -0.39 is 5.91 Å². The largest absolute Gasteiger partial charge is 0.508 e. The molecule has 1 aromatic rings. The van der Waals surface area contributed by atoms with E-state index in [2.05, 4.69) is 0 Å². The first-order valence-corrected chi connectivity index (χ1v) is 2.79. The lowest BCUT2D eigenvalue weighted by atomic mass is 10.2. The highest BCUT2D eigenvalue weighted by molar-refractivity contribution is 5.92. The van der Waals surface area contributed by atoms with Gasteiger partial charge in [-0.25, -0.2) is 0 Å². The number of phenolic OH excluding ortho intramolecular Hbond substituents is 1. The summed E-state index contributed by atoms with van der Waals surface area (Å²) in [5.41, 5.74) is 5.34. The maximum Gasteiger partial charge on any atom is 0.248 e. The predicted molar refractivity (Wildman–Crippen MR) is 41.6 cm³/mol. The maximum absolute atomic E-state index is 10.5. The van der Waals surface area contributed by atoms with Crippen LogP contribution >= 0.6 is 0 Å². The Morgan fingerprint density at radius 1 is 1.27 bits per heavy atom. The van der Waals surface area contributed by atoms with E-state index in [0.29, 0.717) is 5.56 Å². The predicted octanol–water partition coefficient (Wildman–Crippen LogP) is 0.653. The van der Waals surface area contributed by atoms with Crippen molar-refractivity contribution in [3.05, 3.63) is 29.8 Å². The molecule has 6 N–H and O–H groups in total. The third-order valence-electron chi connectivity index (χ3n) is 1.15. The first kappa shape index (κ1) is 9.45. The van der Waals surface area contributed by atoms with Gasteiger partial charge in [-0.05, 0) is 24.3 Å². The van der Waals surface area contributed by atoms with E-state index in [-0.39, 0.29) is 11.9 Å². The minimum Gasteiger partial charge on any atom is -0.508 e. The van der Waals surface area contributed by atoms with Gasteiger partial charge in [0.2, 0.25) is 5.91 Å². The van der Waals surface area contributed by atoms with Crippen molar-refractivity contribution >= 4 is 5.91 Å². The minimum atomic E-state index is -0.486. The summed E-state index contributed by atoms with van der Waals surface area (Å²) in [6.45, 7) is 0. The van der Waals surface area contributed by atoms with Crippen LogP contribution in [-0.2, 0) is 0 Å². The Balaban J connectivity index is 0.000001000. The van der Waals surface area contributed by atoms with E-state index in [1.807, 2.05) is 0 Å². The number of nitrogens with two attached hydrogens (primary N) is 1. The van der Waals surface area contributed by atoms with Crippen LogP contribution in [0.2, 0.25) is 0 Å². The molecule has 0 aliphatic carbocycles. The second kappa shape index (κ2) is 3.58. The molecule has 0 atom stereocenters. The summed E-state index contributed by atoms with van der Waals surface area (Å²) in [6.07, 6.45) is 0. The molecule has 0 saturated heterocycles. The summed E-state index contributed by atoms with van der Waals surface area (Å²) in [6, 6.07) is 5.77. The van der Waals surface area contributed by atoms with Gasteiger partial charge in [-0.15, -0.1) is 0 Å². The van der Waals surface area contributed by atoms with Crippen LogP contribution < -0.4 is 11.9 Å². The number of benzene rings is 1. The second-order valence-electron chi connectivity index (χ2n) is 1.91. The van der Waals surface area contributed by atoms with Crippen molar-refractivity contribution in [1.82, 2.24) is 6.15 Å². The fourth-order valence-electron chi connectivity index (χ4n) is 0.626. The Bertz CT molecular complexity index is 243. The molecule has 0 heterocycles. The summed E-state index contributed by atoms with van der Waals surface area (Å²) in [5.74, 6) is -0.356. The first-order valence-electron chi connectivity index (χ1n) is 2.79. The summed E-state index contributed by atoms with van der Waals surface area (Å²) >= 11 is 0. The average Bonchev–Trinajstić information content (AvgIpc) is 1.88. The molecule has 0 spiro atoms. The van der Waals surface area contributed by atoms with E-state index in [9.17, 15) is 4.79 Å². The number of aromatic hydroxyl groups is 1. The Labute approximate surface area is 64.2 Å². The van der Waals surface area contributed by atoms with Gasteiger partial charge in [0.05, 0.1) is 0 Å². The Morgan fingerprint density at radius 2 is 1.73 bits per heavy atom. The molecule has 0 aliphatic rings. The summed E-state index contributed by atoms with van der Waals surface area (Å²) < 4.78 is 0. The molecule has 4 nitrogen and oxygen atoms in total. The number of hydrogen-bond acceptors (Lipinski definition) is 3. The molecule has 11 heavy (non-hydrogen) atoms. The van der Waals surface area contributed by atoms with Gasteiger partial charge in [-0.2, -0.15) is 0 Å². The highest BCUT2D eigenvalue weighted by atomic mass is 16.3. The summed E-state index contributed by atoms with van der Waals surface area (Å²) in [7, 11) is 0. The molecule has 0 fully saturated rings. The van der Waals surface area contributed by atoms with Crippen LogP contribution in [0.3, 0.4) is 0 Å². The fourth-order valence-corrected chi connectivity index (χ4v) is 0.626. The van der Waals surface area contributed by atoms with Gasteiger partial charge in [0.15, 0.2) is 0 Å². The number of amides is 1. The van der Waals surface area contributed by atoms with Gasteiger partial charge < -0.3 is 17.0 Å². The Kier molecular flexibility index (Phi) is 3.07. The van der Waals surface area contributed by atoms with Crippen LogP contribution in [0.5, 0.6) is 5.75 Å². The maximum atomic E-state index is 10.5. The van der Waals surface area contributed by atoms with E-state index in [4.69, 9.17) is 10.8 Å². The van der Waals surface area contributed by atoms with Crippen LogP contribution in [0, 0.1) is 0 Å². The number of carbonyl (C=O) groups excluding carboxylic acids is 1. The Hall–Kier alpha value is -1.55. The third kappa shape index (κ3) is 2.27. The van der Waals surface area contributed by atoms with Crippen LogP contribution in [0.25, 0.3) is 0 Å². The highest BCUT2D eigenvalue weighted by Gasteiger charge is 1.96. The molecule has 0 aliphatic heterocycles. The lowest BCUT2D eigenvalue weighted by Gasteiger charge is -1.93. The van der Waals surface area contributed by atoms with Gasteiger partial charge in [0.25, 0.3) is 0 Å². The Morgan fingerprint density at radius 3 is 2.09 bits per heavy atom. The number of carbonyl (C=O) groups is 1. The molecule has 1 aromatic carbocycles.